The van der Waals surface area contributed by atoms with Gasteiger partial charge in [0.05, 0.1) is 27.0 Å². The number of thioether (sulfide) groups is 1. The number of nitrogens with zero attached hydrogens (tertiary/aromatic N) is 4. The summed E-state index contributed by atoms with van der Waals surface area (Å²) >= 11 is 1.59. The maximum Gasteiger partial charge on any atom is 0.212 e. The first-order valence-corrected chi connectivity index (χ1v) is 9.25. The largest absolute Gasteiger partial charge is 0.496 e. The van der Waals surface area contributed by atoms with Gasteiger partial charge >= 0.3 is 0 Å². The van der Waals surface area contributed by atoms with Gasteiger partial charge in [0, 0.05) is 16.9 Å². The standard InChI is InChI=1S/C19H18N4O3S/c1-24-15-7-5-4-6-13(15)14-11-27-19-21-20-18(23(19)22-14)12-8-9-16(25-2)17(10-12)26-3/h4-10H,11H2,1-3H3. The molecule has 0 unspecified atom stereocenters. The maximum absolute atomic E-state index is 5.48. The van der Waals surface area contributed by atoms with E-state index in [0.29, 0.717) is 23.1 Å². The van der Waals surface area contributed by atoms with Crippen molar-refractivity contribution in [3.8, 4) is 28.6 Å². The van der Waals surface area contributed by atoms with Gasteiger partial charge in [-0.05, 0) is 30.3 Å². The van der Waals surface area contributed by atoms with E-state index in [4.69, 9.17) is 19.3 Å². The van der Waals surface area contributed by atoms with Crippen LogP contribution in [0.5, 0.6) is 17.2 Å². The van der Waals surface area contributed by atoms with Crippen molar-refractivity contribution < 1.29 is 14.2 Å². The molecule has 8 heteroatoms. The molecule has 7 nitrogen and oxygen atoms in total. The van der Waals surface area contributed by atoms with Gasteiger partial charge in [0.15, 0.2) is 17.3 Å². The third kappa shape index (κ3) is 3.12. The van der Waals surface area contributed by atoms with Crippen molar-refractivity contribution in [2.24, 2.45) is 5.10 Å². The van der Waals surface area contributed by atoms with Gasteiger partial charge in [-0.1, -0.05) is 23.9 Å². The number of aromatic nitrogens is 3. The van der Waals surface area contributed by atoms with Crippen molar-refractivity contribution in [3.63, 3.8) is 0 Å². The Morgan fingerprint density at radius 2 is 1.67 bits per heavy atom. The minimum atomic E-state index is 0.629. The molecule has 0 spiro atoms. The molecule has 0 amide bonds. The van der Waals surface area contributed by atoms with Crippen LogP contribution in [0.15, 0.2) is 52.7 Å². The molecule has 1 aromatic heterocycles. The quantitative estimate of drug-likeness (QED) is 0.674. The Labute approximate surface area is 161 Å². The van der Waals surface area contributed by atoms with Crippen LogP contribution in [0.3, 0.4) is 0 Å². The van der Waals surface area contributed by atoms with Gasteiger partial charge < -0.3 is 14.2 Å². The summed E-state index contributed by atoms with van der Waals surface area (Å²) in [6.07, 6.45) is 0. The molecular weight excluding hydrogens is 364 g/mol. The van der Waals surface area contributed by atoms with Crippen LogP contribution >= 0.6 is 11.8 Å². The monoisotopic (exact) mass is 382 g/mol. The molecule has 0 N–H and O–H groups in total. The third-order valence-corrected chi connectivity index (χ3v) is 5.16. The molecule has 4 rings (SSSR count). The predicted molar refractivity (Wildman–Crippen MR) is 104 cm³/mol. The minimum absolute atomic E-state index is 0.629. The second-order valence-electron chi connectivity index (χ2n) is 5.72. The lowest BCUT2D eigenvalue weighted by molar-refractivity contribution is 0.355. The summed E-state index contributed by atoms with van der Waals surface area (Å²) in [6, 6.07) is 13.5. The van der Waals surface area contributed by atoms with Crippen LogP contribution in [0.25, 0.3) is 11.4 Å². The Bertz CT molecular complexity index is 1020. The number of hydrogen-bond donors (Lipinski definition) is 0. The molecular formula is C19H18N4O3S. The van der Waals surface area contributed by atoms with E-state index >= 15 is 0 Å². The lowest BCUT2D eigenvalue weighted by Gasteiger charge is -2.16. The smallest absolute Gasteiger partial charge is 0.212 e. The lowest BCUT2D eigenvalue weighted by atomic mass is 10.1. The highest BCUT2D eigenvalue weighted by Crippen LogP contribution is 2.34. The summed E-state index contributed by atoms with van der Waals surface area (Å²) in [4.78, 5) is 0. The van der Waals surface area contributed by atoms with Crippen molar-refractivity contribution in [2.45, 2.75) is 5.16 Å². The highest BCUT2D eigenvalue weighted by Gasteiger charge is 2.22. The van der Waals surface area contributed by atoms with E-state index in [-0.39, 0.29) is 0 Å². The number of rotatable bonds is 5. The molecule has 0 bridgehead atoms. The third-order valence-electron chi connectivity index (χ3n) is 4.23. The molecule has 0 saturated heterocycles. The van der Waals surface area contributed by atoms with Gasteiger partial charge in [-0.2, -0.15) is 9.78 Å². The van der Waals surface area contributed by atoms with Crippen molar-refractivity contribution in [3.05, 3.63) is 48.0 Å². The van der Waals surface area contributed by atoms with E-state index in [9.17, 15) is 0 Å². The predicted octanol–water partition coefficient (Wildman–Crippen LogP) is 3.33. The average molecular weight is 382 g/mol. The lowest BCUT2D eigenvalue weighted by Crippen LogP contribution is -2.14. The molecule has 138 valence electrons. The number of methoxy groups -OCH3 is 3. The average Bonchev–Trinajstić information content (AvgIpc) is 3.16. The summed E-state index contributed by atoms with van der Waals surface area (Å²) in [5.74, 6) is 3.42. The van der Waals surface area contributed by atoms with Crippen molar-refractivity contribution >= 4 is 17.5 Å². The molecule has 0 saturated carbocycles. The Kier molecular flexibility index (Phi) is 4.72. The van der Waals surface area contributed by atoms with Crippen LogP contribution < -0.4 is 14.2 Å². The van der Waals surface area contributed by atoms with E-state index in [0.717, 1.165) is 27.7 Å². The molecule has 2 aromatic carbocycles. The minimum Gasteiger partial charge on any atom is -0.496 e. The van der Waals surface area contributed by atoms with Crippen LogP contribution in [0.2, 0.25) is 0 Å². The molecule has 0 atom stereocenters. The summed E-state index contributed by atoms with van der Waals surface area (Å²) in [7, 11) is 4.88. The summed E-state index contributed by atoms with van der Waals surface area (Å²) in [6.45, 7) is 0. The van der Waals surface area contributed by atoms with E-state index in [1.54, 1.807) is 37.8 Å². The van der Waals surface area contributed by atoms with Crippen LogP contribution in [0.1, 0.15) is 5.56 Å². The number of benzene rings is 2. The van der Waals surface area contributed by atoms with Gasteiger partial charge in [-0.3, -0.25) is 0 Å². The Hall–Kier alpha value is -3.00. The Morgan fingerprint density at radius 3 is 2.44 bits per heavy atom. The van der Waals surface area contributed by atoms with Crippen molar-refractivity contribution in [2.75, 3.05) is 27.1 Å². The summed E-state index contributed by atoms with van der Waals surface area (Å²) < 4.78 is 17.9. The van der Waals surface area contributed by atoms with Crippen LogP contribution in [0, 0.1) is 0 Å². The van der Waals surface area contributed by atoms with Crippen LogP contribution in [-0.4, -0.2) is 47.7 Å². The first-order valence-electron chi connectivity index (χ1n) is 8.27. The Morgan fingerprint density at radius 1 is 0.889 bits per heavy atom. The highest BCUT2D eigenvalue weighted by atomic mass is 32.2. The summed E-state index contributed by atoms with van der Waals surface area (Å²) in [5.41, 5.74) is 2.72. The number of para-hydroxylation sites is 1. The topological polar surface area (TPSA) is 70.8 Å². The number of hydrogen-bond acceptors (Lipinski definition) is 7. The van der Waals surface area contributed by atoms with E-state index in [1.165, 1.54) is 0 Å². The molecule has 2 heterocycles. The fourth-order valence-electron chi connectivity index (χ4n) is 2.90. The van der Waals surface area contributed by atoms with Gasteiger partial charge in [-0.15, -0.1) is 10.2 Å². The number of fused-ring (bicyclic) bond motifs is 1. The van der Waals surface area contributed by atoms with Gasteiger partial charge in [-0.25, -0.2) is 0 Å². The fraction of sp³-hybridized carbons (Fsp3) is 0.211. The summed E-state index contributed by atoms with van der Waals surface area (Å²) in [5, 5.41) is 14.1. The van der Waals surface area contributed by atoms with E-state index < -0.39 is 0 Å². The first kappa shape index (κ1) is 17.4. The first-order chi connectivity index (χ1) is 13.2. The second-order valence-corrected chi connectivity index (χ2v) is 6.67. The van der Waals surface area contributed by atoms with E-state index in [1.807, 2.05) is 42.5 Å². The zero-order valence-corrected chi connectivity index (χ0v) is 16.0. The van der Waals surface area contributed by atoms with Gasteiger partial charge in [0.2, 0.25) is 5.16 Å². The van der Waals surface area contributed by atoms with Gasteiger partial charge in [0.25, 0.3) is 0 Å². The SMILES string of the molecule is COc1ccc(-c2nnc3n2N=C(c2ccccc2OC)CS3)cc1OC. The molecule has 1 aliphatic heterocycles. The molecule has 0 radical (unpaired) electrons. The molecule has 27 heavy (non-hydrogen) atoms. The molecule has 0 fully saturated rings. The zero-order valence-electron chi connectivity index (χ0n) is 15.2. The zero-order chi connectivity index (χ0) is 18.8. The highest BCUT2D eigenvalue weighted by molar-refractivity contribution is 7.99. The fourth-order valence-corrected chi connectivity index (χ4v) is 3.73. The van der Waals surface area contributed by atoms with Crippen LogP contribution in [0.4, 0.5) is 0 Å². The van der Waals surface area contributed by atoms with Crippen LogP contribution in [-0.2, 0) is 0 Å². The second kappa shape index (κ2) is 7.32. The van der Waals surface area contributed by atoms with Gasteiger partial charge in [0.1, 0.15) is 5.75 Å². The molecule has 1 aliphatic rings. The van der Waals surface area contributed by atoms with Crippen molar-refractivity contribution in [1.29, 1.82) is 0 Å². The Balaban J connectivity index is 1.79. The normalized spacial score (nSPS) is 12.9. The number of ether oxygens (including phenoxy) is 3. The maximum atomic E-state index is 5.48. The van der Waals surface area contributed by atoms with Crippen molar-refractivity contribution in [1.82, 2.24) is 14.9 Å². The molecule has 3 aromatic rings. The molecule has 0 aliphatic carbocycles. The van der Waals surface area contributed by atoms with E-state index in [2.05, 4.69) is 10.2 Å².